The van der Waals surface area contributed by atoms with Crippen molar-refractivity contribution in [3.8, 4) is 11.3 Å². The summed E-state index contributed by atoms with van der Waals surface area (Å²) in [4.78, 5) is 43.0. The number of aliphatic hydroxyl groups excluding tert-OH is 1. The number of rotatable bonds is 7. The second-order valence-corrected chi connectivity index (χ2v) is 8.95. The number of amides is 2. The van der Waals surface area contributed by atoms with E-state index in [0.717, 1.165) is 27.9 Å². The first-order chi connectivity index (χ1) is 15.0. The van der Waals surface area contributed by atoms with Gasteiger partial charge in [0.1, 0.15) is 11.6 Å². The molecule has 2 amide bonds. The molecule has 8 nitrogen and oxygen atoms in total. The Hall–Kier alpha value is -3.26. The van der Waals surface area contributed by atoms with Crippen LogP contribution in [0.15, 0.2) is 30.5 Å². The van der Waals surface area contributed by atoms with Crippen molar-refractivity contribution in [3.05, 3.63) is 52.7 Å². The monoisotopic (exact) mass is 439 g/mol. The van der Waals surface area contributed by atoms with Gasteiger partial charge in [-0.2, -0.15) is 0 Å². The Morgan fingerprint density at radius 1 is 1.28 bits per heavy atom. The van der Waals surface area contributed by atoms with Crippen LogP contribution in [0.5, 0.6) is 0 Å². The lowest BCUT2D eigenvalue weighted by atomic mass is 9.99. The van der Waals surface area contributed by atoms with Crippen molar-refractivity contribution in [2.45, 2.75) is 65.3 Å². The Balaban J connectivity index is 1.81. The third-order valence-electron chi connectivity index (χ3n) is 5.44. The second-order valence-electron chi connectivity index (χ2n) is 8.95. The standard InChI is InChI=1S/C24H29N3O5/c1-14-16(13-28)9-10-26-21(14)15-5-6-18-17(11-15)12-27(23(18)31)19(22(25)30)7-8-20(29)32-24(2,3)4/h5-6,9-11,19,28H,7-8,12-13H2,1-4H3,(H2,25,30). The highest BCUT2D eigenvalue weighted by Crippen LogP contribution is 2.31. The molecule has 2 heterocycles. The zero-order valence-electron chi connectivity index (χ0n) is 18.8. The number of benzene rings is 1. The number of pyridine rings is 1. The van der Waals surface area contributed by atoms with E-state index in [1.54, 1.807) is 45.2 Å². The fourth-order valence-electron chi connectivity index (χ4n) is 3.88. The molecule has 1 unspecified atom stereocenters. The molecule has 0 fully saturated rings. The quantitative estimate of drug-likeness (QED) is 0.639. The van der Waals surface area contributed by atoms with E-state index in [1.807, 2.05) is 13.0 Å². The van der Waals surface area contributed by atoms with E-state index >= 15 is 0 Å². The number of ether oxygens (including phenoxy) is 1. The van der Waals surface area contributed by atoms with Crippen LogP contribution in [0.25, 0.3) is 11.3 Å². The average molecular weight is 440 g/mol. The normalized spacial score (nSPS) is 14.3. The highest BCUT2D eigenvalue weighted by Gasteiger charge is 2.36. The first kappa shape index (κ1) is 23.4. The van der Waals surface area contributed by atoms with Crippen LogP contribution in [-0.2, 0) is 27.5 Å². The van der Waals surface area contributed by atoms with Gasteiger partial charge in [-0.05, 0) is 69.0 Å². The van der Waals surface area contributed by atoms with Crippen molar-refractivity contribution in [2.75, 3.05) is 0 Å². The van der Waals surface area contributed by atoms with Gasteiger partial charge in [-0.25, -0.2) is 0 Å². The number of primary amides is 1. The number of carbonyl (C=O) groups excluding carboxylic acids is 3. The highest BCUT2D eigenvalue weighted by atomic mass is 16.6. The van der Waals surface area contributed by atoms with E-state index < -0.39 is 23.5 Å². The van der Waals surface area contributed by atoms with E-state index in [2.05, 4.69) is 4.98 Å². The van der Waals surface area contributed by atoms with Gasteiger partial charge in [0, 0.05) is 30.3 Å². The smallest absolute Gasteiger partial charge is 0.306 e. The van der Waals surface area contributed by atoms with Crippen molar-refractivity contribution in [1.29, 1.82) is 0 Å². The summed E-state index contributed by atoms with van der Waals surface area (Å²) in [5.74, 6) is -1.41. The maximum atomic E-state index is 13.0. The Kier molecular flexibility index (Phi) is 6.64. The molecule has 1 atom stereocenters. The molecule has 170 valence electrons. The number of nitrogens with zero attached hydrogens (tertiary/aromatic N) is 2. The molecule has 0 radical (unpaired) electrons. The molecule has 0 saturated carbocycles. The molecule has 0 aliphatic carbocycles. The van der Waals surface area contributed by atoms with Crippen molar-refractivity contribution >= 4 is 17.8 Å². The molecule has 3 rings (SSSR count). The molecule has 8 heteroatoms. The van der Waals surface area contributed by atoms with Crippen molar-refractivity contribution in [3.63, 3.8) is 0 Å². The fraction of sp³-hybridized carbons (Fsp3) is 0.417. The predicted molar refractivity (Wildman–Crippen MR) is 118 cm³/mol. The van der Waals surface area contributed by atoms with Crippen LogP contribution in [-0.4, -0.2) is 44.4 Å². The van der Waals surface area contributed by atoms with Gasteiger partial charge in [0.25, 0.3) is 5.91 Å². The molecule has 1 aliphatic rings. The van der Waals surface area contributed by atoms with Crippen LogP contribution in [0.2, 0.25) is 0 Å². The third-order valence-corrected chi connectivity index (χ3v) is 5.44. The minimum atomic E-state index is -0.913. The summed E-state index contributed by atoms with van der Waals surface area (Å²) in [7, 11) is 0. The largest absolute Gasteiger partial charge is 0.460 e. The number of esters is 1. The third kappa shape index (κ3) is 4.96. The van der Waals surface area contributed by atoms with Gasteiger partial charge in [-0.15, -0.1) is 0 Å². The lowest BCUT2D eigenvalue weighted by Gasteiger charge is -2.25. The summed E-state index contributed by atoms with van der Waals surface area (Å²) in [5, 5.41) is 9.52. The summed E-state index contributed by atoms with van der Waals surface area (Å²) in [6.07, 6.45) is 1.71. The number of hydrogen-bond donors (Lipinski definition) is 2. The van der Waals surface area contributed by atoms with Crippen LogP contribution in [0.1, 0.15) is 60.7 Å². The number of nitrogens with two attached hydrogens (primary N) is 1. The van der Waals surface area contributed by atoms with Gasteiger partial charge >= 0.3 is 5.97 Å². The molecule has 1 aromatic heterocycles. The highest BCUT2D eigenvalue weighted by molar-refractivity contribution is 6.01. The Morgan fingerprint density at radius 2 is 2.00 bits per heavy atom. The second kappa shape index (κ2) is 9.08. The van der Waals surface area contributed by atoms with E-state index in [9.17, 15) is 19.5 Å². The first-order valence-electron chi connectivity index (χ1n) is 10.5. The first-order valence-corrected chi connectivity index (χ1v) is 10.5. The van der Waals surface area contributed by atoms with Crippen molar-refractivity contribution in [2.24, 2.45) is 5.73 Å². The van der Waals surface area contributed by atoms with Gasteiger partial charge in [-0.3, -0.25) is 19.4 Å². The van der Waals surface area contributed by atoms with E-state index in [4.69, 9.17) is 10.5 Å². The summed E-state index contributed by atoms with van der Waals surface area (Å²) in [6.45, 7) is 7.31. The maximum absolute atomic E-state index is 13.0. The molecular formula is C24H29N3O5. The van der Waals surface area contributed by atoms with Crippen molar-refractivity contribution in [1.82, 2.24) is 9.88 Å². The zero-order valence-corrected chi connectivity index (χ0v) is 18.8. The Bertz CT molecular complexity index is 1060. The van der Waals surface area contributed by atoms with Crippen LogP contribution in [0.4, 0.5) is 0 Å². The topological polar surface area (TPSA) is 123 Å². The van der Waals surface area contributed by atoms with E-state index in [1.165, 1.54) is 4.90 Å². The summed E-state index contributed by atoms with van der Waals surface area (Å²) < 4.78 is 5.29. The fourth-order valence-corrected chi connectivity index (χ4v) is 3.88. The van der Waals surface area contributed by atoms with Crippen LogP contribution in [0.3, 0.4) is 0 Å². The van der Waals surface area contributed by atoms with Crippen LogP contribution >= 0.6 is 0 Å². The molecule has 1 aromatic carbocycles. The minimum Gasteiger partial charge on any atom is -0.460 e. The number of carbonyl (C=O) groups is 3. The van der Waals surface area contributed by atoms with Gasteiger partial charge in [0.2, 0.25) is 5.91 Å². The number of aromatic nitrogens is 1. The molecular weight excluding hydrogens is 410 g/mol. The Labute approximate surface area is 187 Å². The van der Waals surface area contributed by atoms with Gasteiger partial charge in [-0.1, -0.05) is 6.07 Å². The summed E-state index contributed by atoms with van der Waals surface area (Å²) >= 11 is 0. The predicted octanol–water partition coefficient (Wildman–Crippen LogP) is 2.48. The Morgan fingerprint density at radius 3 is 2.62 bits per heavy atom. The minimum absolute atomic E-state index is 0.0205. The number of fused-ring (bicyclic) bond motifs is 1. The molecule has 2 aromatic rings. The van der Waals surface area contributed by atoms with Crippen LogP contribution in [0, 0.1) is 6.92 Å². The average Bonchev–Trinajstić information content (AvgIpc) is 3.02. The number of hydrogen-bond acceptors (Lipinski definition) is 6. The summed E-state index contributed by atoms with van der Waals surface area (Å²) in [6, 6.07) is 6.24. The zero-order chi connectivity index (χ0) is 23.6. The van der Waals surface area contributed by atoms with Crippen LogP contribution < -0.4 is 5.73 Å². The van der Waals surface area contributed by atoms with Crippen molar-refractivity contribution < 1.29 is 24.2 Å². The lowest BCUT2D eigenvalue weighted by molar-refractivity contribution is -0.155. The summed E-state index contributed by atoms with van der Waals surface area (Å²) in [5.41, 5.74) is 9.39. The molecule has 0 saturated heterocycles. The van der Waals surface area contributed by atoms with Gasteiger partial charge in [0.05, 0.1) is 12.3 Å². The molecule has 0 spiro atoms. The van der Waals surface area contributed by atoms with Gasteiger partial charge < -0.3 is 20.5 Å². The number of aliphatic hydroxyl groups is 1. The molecule has 32 heavy (non-hydrogen) atoms. The van der Waals surface area contributed by atoms with Gasteiger partial charge in [0.15, 0.2) is 0 Å². The molecule has 3 N–H and O–H groups in total. The maximum Gasteiger partial charge on any atom is 0.306 e. The van der Waals surface area contributed by atoms with E-state index in [-0.39, 0.29) is 31.9 Å². The van der Waals surface area contributed by atoms with E-state index in [0.29, 0.717) is 5.56 Å². The molecule has 1 aliphatic heterocycles. The molecule has 0 bridgehead atoms. The SMILES string of the molecule is Cc1c(CO)ccnc1-c1ccc2c(c1)CN(C(CCC(=O)OC(C)(C)C)C(N)=O)C2=O. The lowest BCUT2D eigenvalue weighted by Crippen LogP contribution is -2.45.